The first-order valence-corrected chi connectivity index (χ1v) is 12.7. The maximum atomic E-state index is 13.2. The second-order valence-electron chi connectivity index (χ2n) is 7.28. The SMILES string of the molecule is CCCCc1nc2ccc(Br)cc2c(=O)n1N=Cc1cc(I)c(OCC(=O)OCC)c(OC)c1. The number of halogens is 2. The van der Waals surface area contributed by atoms with Gasteiger partial charge in [-0.05, 0) is 71.8 Å². The van der Waals surface area contributed by atoms with Gasteiger partial charge in [-0.1, -0.05) is 29.3 Å². The minimum atomic E-state index is -0.458. The van der Waals surface area contributed by atoms with Crippen LogP contribution in [0.5, 0.6) is 11.5 Å². The number of hydrogen-bond donors (Lipinski definition) is 0. The van der Waals surface area contributed by atoms with Crippen molar-refractivity contribution in [3.05, 3.63) is 60.1 Å². The van der Waals surface area contributed by atoms with Gasteiger partial charge in [0.25, 0.3) is 5.56 Å². The van der Waals surface area contributed by atoms with Gasteiger partial charge in [-0.3, -0.25) is 4.79 Å². The molecule has 3 aromatic rings. The summed E-state index contributed by atoms with van der Waals surface area (Å²) in [6.07, 6.45) is 4.08. The summed E-state index contributed by atoms with van der Waals surface area (Å²) in [5.41, 5.74) is 1.11. The molecule has 0 N–H and O–H groups in total. The fraction of sp³-hybridized carbons (Fsp3) is 0.333. The lowest BCUT2D eigenvalue weighted by Crippen LogP contribution is -2.22. The van der Waals surface area contributed by atoms with Gasteiger partial charge in [0.15, 0.2) is 18.1 Å². The molecule has 3 rings (SSSR count). The summed E-state index contributed by atoms with van der Waals surface area (Å²) < 4.78 is 18.9. The van der Waals surface area contributed by atoms with Crippen LogP contribution >= 0.6 is 38.5 Å². The molecular formula is C24H25BrIN3O5. The van der Waals surface area contributed by atoms with Crippen molar-refractivity contribution >= 4 is 61.6 Å². The van der Waals surface area contributed by atoms with E-state index >= 15 is 0 Å². The molecule has 0 aliphatic heterocycles. The Hall–Kier alpha value is -2.47. The molecule has 0 spiro atoms. The summed E-state index contributed by atoms with van der Waals surface area (Å²) in [6.45, 7) is 3.89. The van der Waals surface area contributed by atoms with Gasteiger partial charge in [0.05, 0.1) is 34.4 Å². The number of aromatic nitrogens is 2. The van der Waals surface area contributed by atoms with Crippen LogP contribution in [0.4, 0.5) is 0 Å². The van der Waals surface area contributed by atoms with Crippen molar-refractivity contribution in [1.82, 2.24) is 9.66 Å². The zero-order valence-corrected chi connectivity index (χ0v) is 22.9. The first kappa shape index (κ1) is 26.1. The van der Waals surface area contributed by atoms with E-state index in [4.69, 9.17) is 14.2 Å². The quantitative estimate of drug-likeness (QED) is 0.177. The third kappa shape index (κ3) is 6.35. The van der Waals surface area contributed by atoms with Gasteiger partial charge in [0.2, 0.25) is 0 Å². The highest BCUT2D eigenvalue weighted by atomic mass is 127. The number of fused-ring (bicyclic) bond motifs is 1. The molecule has 1 aromatic heterocycles. The number of unbranched alkanes of at least 4 members (excludes halogenated alkanes) is 1. The van der Waals surface area contributed by atoms with Gasteiger partial charge in [0.1, 0.15) is 5.82 Å². The highest BCUT2D eigenvalue weighted by Crippen LogP contribution is 2.33. The van der Waals surface area contributed by atoms with Crippen LogP contribution in [0.25, 0.3) is 10.9 Å². The predicted octanol–water partition coefficient (Wildman–Crippen LogP) is 4.94. The van der Waals surface area contributed by atoms with E-state index < -0.39 is 5.97 Å². The molecular weight excluding hydrogens is 617 g/mol. The Labute approximate surface area is 219 Å². The lowest BCUT2D eigenvalue weighted by atomic mass is 10.2. The van der Waals surface area contributed by atoms with Gasteiger partial charge in [-0.25, -0.2) is 9.78 Å². The van der Waals surface area contributed by atoms with Gasteiger partial charge in [-0.15, -0.1) is 0 Å². The van der Waals surface area contributed by atoms with Gasteiger partial charge < -0.3 is 14.2 Å². The summed E-state index contributed by atoms with van der Waals surface area (Å²) in [5, 5.41) is 4.97. The maximum absolute atomic E-state index is 13.2. The van der Waals surface area contributed by atoms with Crippen molar-refractivity contribution < 1.29 is 19.0 Å². The van der Waals surface area contributed by atoms with Crippen LogP contribution in [0.2, 0.25) is 0 Å². The molecule has 2 aromatic carbocycles. The summed E-state index contributed by atoms with van der Waals surface area (Å²) in [5.74, 6) is 1.03. The fourth-order valence-electron chi connectivity index (χ4n) is 3.22. The first-order chi connectivity index (χ1) is 16.4. The number of rotatable bonds is 10. The number of methoxy groups -OCH3 is 1. The molecule has 180 valence electrons. The number of nitrogens with zero attached hydrogens (tertiary/aromatic N) is 3. The first-order valence-electron chi connectivity index (χ1n) is 10.8. The van der Waals surface area contributed by atoms with Gasteiger partial charge in [-0.2, -0.15) is 9.78 Å². The lowest BCUT2D eigenvalue weighted by molar-refractivity contribution is -0.145. The van der Waals surface area contributed by atoms with Crippen molar-refractivity contribution in [3.8, 4) is 11.5 Å². The predicted molar refractivity (Wildman–Crippen MR) is 143 cm³/mol. The van der Waals surface area contributed by atoms with Crippen LogP contribution in [-0.4, -0.2) is 42.2 Å². The Morgan fingerprint density at radius 1 is 1.26 bits per heavy atom. The number of hydrogen-bond acceptors (Lipinski definition) is 7. The Bertz CT molecular complexity index is 1280. The van der Waals surface area contributed by atoms with Crippen LogP contribution in [0, 0.1) is 3.57 Å². The molecule has 0 saturated heterocycles. The van der Waals surface area contributed by atoms with Crippen LogP contribution in [-0.2, 0) is 16.0 Å². The number of carbonyl (C=O) groups excluding carboxylic acids is 1. The smallest absolute Gasteiger partial charge is 0.344 e. The number of benzene rings is 2. The molecule has 0 saturated carbocycles. The van der Waals surface area contributed by atoms with Crippen LogP contribution in [0.1, 0.15) is 38.1 Å². The van der Waals surface area contributed by atoms with Crippen LogP contribution in [0.3, 0.4) is 0 Å². The Morgan fingerprint density at radius 3 is 2.76 bits per heavy atom. The molecule has 10 heteroatoms. The number of ether oxygens (including phenoxy) is 3. The average molecular weight is 642 g/mol. The van der Waals surface area contributed by atoms with E-state index in [1.54, 1.807) is 25.3 Å². The van der Waals surface area contributed by atoms with E-state index in [9.17, 15) is 9.59 Å². The molecule has 8 nitrogen and oxygen atoms in total. The van der Waals surface area contributed by atoms with E-state index in [0.717, 1.165) is 20.9 Å². The summed E-state index contributed by atoms with van der Waals surface area (Å²) in [4.78, 5) is 29.6. The molecule has 0 bridgehead atoms. The van der Waals surface area contributed by atoms with E-state index in [1.165, 1.54) is 11.8 Å². The van der Waals surface area contributed by atoms with Crippen molar-refractivity contribution in [2.45, 2.75) is 33.1 Å². The number of aryl methyl sites for hydroxylation is 1. The topological polar surface area (TPSA) is 92.0 Å². The third-order valence-corrected chi connectivity index (χ3v) is 6.14. The molecule has 0 fully saturated rings. The third-order valence-electron chi connectivity index (χ3n) is 4.84. The molecule has 0 atom stereocenters. The largest absolute Gasteiger partial charge is 0.493 e. The summed E-state index contributed by atoms with van der Waals surface area (Å²) in [6, 6.07) is 9.00. The Balaban J connectivity index is 1.98. The maximum Gasteiger partial charge on any atom is 0.344 e. The minimum Gasteiger partial charge on any atom is -0.493 e. The van der Waals surface area contributed by atoms with Gasteiger partial charge >= 0.3 is 5.97 Å². The fourth-order valence-corrected chi connectivity index (χ4v) is 4.37. The normalized spacial score (nSPS) is 11.2. The van der Waals surface area contributed by atoms with Gasteiger partial charge in [0, 0.05) is 10.9 Å². The highest BCUT2D eigenvalue weighted by Gasteiger charge is 2.15. The second kappa shape index (κ2) is 12.3. The van der Waals surface area contributed by atoms with E-state index in [2.05, 4.69) is 55.5 Å². The summed E-state index contributed by atoms with van der Waals surface area (Å²) >= 11 is 5.52. The standard InChI is InChI=1S/C24H25BrIN3O5/c1-4-6-7-21-28-19-9-8-16(25)12-17(19)24(31)29(21)27-13-15-10-18(26)23(20(11-15)32-3)34-14-22(30)33-5-2/h8-13H,4-7,14H2,1-3H3. The Morgan fingerprint density at radius 2 is 2.06 bits per heavy atom. The van der Waals surface area contributed by atoms with Crippen LogP contribution < -0.4 is 15.0 Å². The van der Waals surface area contributed by atoms with E-state index in [1.807, 2.05) is 18.2 Å². The van der Waals surface area contributed by atoms with Crippen molar-refractivity contribution in [2.75, 3.05) is 20.3 Å². The molecule has 0 aliphatic carbocycles. The molecule has 0 amide bonds. The molecule has 34 heavy (non-hydrogen) atoms. The van der Waals surface area contributed by atoms with Crippen molar-refractivity contribution in [2.24, 2.45) is 5.10 Å². The number of esters is 1. The van der Waals surface area contributed by atoms with Crippen molar-refractivity contribution in [3.63, 3.8) is 0 Å². The van der Waals surface area contributed by atoms with E-state index in [-0.39, 0.29) is 18.8 Å². The Kier molecular flexibility index (Phi) is 9.45. The highest BCUT2D eigenvalue weighted by molar-refractivity contribution is 14.1. The molecule has 0 unspecified atom stereocenters. The van der Waals surface area contributed by atoms with Crippen molar-refractivity contribution in [1.29, 1.82) is 0 Å². The number of carbonyl (C=O) groups is 1. The van der Waals surface area contributed by atoms with Crippen LogP contribution in [0.15, 0.2) is 44.7 Å². The molecule has 1 heterocycles. The molecule has 0 radical (unpaired) electrons. The summed E-state index contributed by atoms with van der Waals surface area (Å²) in [7, 11) is 1.52. The minimum absolute atomic E-state index is 0.220. The molecule has 0 aliphatic rings. The zero-order chi connectivity index (χ0) is 24.7. The zero-order valence-electron chi connectivity index (χ0n) is 19.1. The second-order valence-corrected chi connectivity index (χ2v) is 9.36. The van der Waals surface area contributed by atoms with E-state index in [0.29, 0.717) is 40.2 Å². The monoisotopic (exact) mass is 641 g/mol. The lowest BCUT2D eigenvalue weighted by Gasteiger charge is -2.13. The average Bonchev–Trinajstić information content (AvgIpc) is 2.81.